The van der Waals surface area contributed by atoms with Crippen LogP contribution in [0.25, 0.3) is 10.9 Å². The van der Waals surface area contributed by atoms with Gasteiger partial charge in [0.15, 0.2) is 0 Å². The highest BCUT2D eigenvalue weighted by Crippen LogP contribution is 2.35. The first-order valence-electron chi connectivity index (χ1n) is 9.89. The number of aromatic nitrogens is 1. The maximum Gasteiger partial charge on any atom is 0.325 e. The predicted molar refractivity (Wildman–Crippen MR) is 105 cm³/mol. The van der Waals surface area contributed by atoms with Gasteiger partial charge in [0.1, 0.15) is 11.4 Å². The number of urea groups is 1. The van der Waals surface area contributed by atoms with Crippen LogP contribution in [0.15, 0.2) is 24.3 Å². The van der Waals surface area contributed by atoms with Gasteiger partial charge in [-0.05, 0) is 44.4 Å². The molecular weight excluding hydrogens is 375 g/mol. The lowest BCUT2D eigenvalue weighted by molar-refractivity contribution is -0.131. The predicted octanol–water partition coefficient (Wildman–Crippen LogP) is 2.67. The highest BCUT2D eigenvalue weighted by molar-refractivity contribution is 6.07. The average Bonchev–Trinajstić information content (AvgIpc) is 3.23. The largest absolute Gasteiger partial charge is 0.352 e. The van der Waals surface area contributed by atoms with Crippen molar-refractivity contribution in [3.63, 3.8) is 0 Å². The number of fused-ring (bicyclic) bond motifs is 1. The van der Waals surface area contributed by atoms with Crippen LogP contribution in [0, 0.1) is 12.7 Å². The number of imide groups is 1. The lowest BCUT2D eigenvalue weighted by Crippen LogP contribution is -2.44. The molecule has 2 N–H and O–H groups in total. The Morgan fingerprint density at radius 1 is 1.28 bits per heavy atom. The van der Waals surface area contributed by atoms with Crippen molar-refractivity contribution in [3.8, 4) is 0 Å². The van der Waals surface area contributed by atoms with Crippen LogP contribution in [0.4, 0.5) is 9.18 Å². The standard InChI is InChI=1S/C21H23FN4O3/c1-13-11-16(15-6-5-14(22)12-17(15)24-13)18(27)23-9-4-10-26-19(28)21(25-20(26)29)7-2-3-8-21/h5-6,11-12H,2-4,7-10H2,1H3,(H,23,27)(H,25,29). The molecule has 2 aliphatic rings. The smallest absolute Gasteiger partial charge is 0.325 e. The van der Waals surface area contributed by atoms with Gasteiger partial charge in [0, 0.05) is 30.2 Å². The van der Waals surface area contributed by atoms with Gasteiger partial charge in [-0.15, -0.1) is 0 Å². The highest BCUT2D eigenvalue weighted by Gasteiger charge is 2.51. The van der Waals surface area contributed by atoms with Gasteiger partial charge in [0.25, 0.3) is 11.8 Å². The third kappa shape index (κ3) is 3.54. The molecular formula is C21H23FN4O3. The van der Waals surface area contributed by atoms with E-state index < -0.39 is 11.4 Å². The summed E-state index contributed by atoms with van der Waals surface area (Å²) in [5.74, 6) is -0.851. The van der Waals surface area contributed by atoms with E-state index in [-0.39, 0.29) is 24.4 Å². The van der Waals surface area contributed by atoms with Gasteiger partial charge in [0.05, 0.1) is 11.1 Å². The molecule has 0 unspecified atom stereocenters. The molecule has 1 aromatic carbocycles. The Balaban J connectivity index is 1.37. The second-order valence-electron chi connectivity index (χ2n) is 7.76. The Hall–Kier alpha value is -3.03. The summed E-state index contributed by atoms with van der Waals surface area (Å²) in [4.78, 5) is 43.0. The zero-order chi connectivity index (χ0) is 20.6. The Morgan fingerprint density at radius 2 is 2.03 bits per heavy atom. The lowest BCUT2D eigenvalue weighted by Gasteiger charge is -2.20. The lowest BCUT2D eigenvalue weighted by atomic mass is 9.98. The van der Waals surface area contributed by atoms with Crippen LogP contribution in [0.1, 0.15) is 48.2 Å². The molecule has 1 aliphatic carbocycles. The second kappa shape index (κ2) is 7.42. The van der Waals surface area contributed by atoms with E-state index in [0.717, 1.165) is 12.8 Å². The van der Waals surface area contributed by atoms with Crippen LogP contribution in [0.2, 0.25) is 0 Å². The number of carbonyl (C=O) groups is 3. The molecule has 1 aromatic heterocycles. The molecule has 2 heterocycles. The fraction of sp³-hybridized carbons (Fsp3) is 0.429. The molecule has 1 saturated carbocycles. The quantitative estimate of drug-likeness (QED) is 0.598. The van der Waals surface area contributed by atoms with E-state index in [0.29, 0.717) is 48.0 Å². The molecule has 7 nitrogen and oxygen atoms in total. The molecule has 1 spiro atoms. The van der Waals surface area contributed by atoms with Gasteiger partial charge in [-0.25, -0.2) is 9.18 Å². The van der Waals surface area contributed by atoms with E-state index in [2.05, 4.69) is 15.6 Å². The zero-order valence-electron chi connectivity index (χ0n) is 16.3. The number of rotatable bonds is 5. The molecule has 1 aliphatic heterocycles. The summed E-state index contributed by atoms with van der Waals surface area (Å²) in [5.41, 5.74) is 0.765. The molecule has 0 bridgehead atoms. The average molecular weight is 398 g/mol. The third-order valence-corrected chi connectivity index (χ3v) is 5.69. The van der Waals surface area contributed by atoms with Gasteiger partial charge >= 0.3 is 6.03 Å². The maximum atomic E-state index is 13.5. The van der Waals surface area contributed by atoms with Crippen molar-refractivity contribution in [2.24, 2.45) is 0 Å². The fourth-order valence-electron chi connectivity index (χ4n) is 4.25. The number of aryl methyl sites for hydroxylation is 1. The van der Waals surface area contributed by atoms with Gasteiger partial charge in [0.2, 0.25) is 0 Å². The normalized spacial score (nSPS) is 17.9. The molecule has 152 valence electrons. The summed E-state index contributed by atoms with van der Waals surface area (Å²) in [6.07, 6.45) is 3.73. The Labute approximate surface area is 167 Å². The van der Waals surface area contributed by atoms with Crippen LogP contribution in [-0.2, 0) is 4.79 Å². The molecule has 4 amide bonds. The summed E-state index contributed by atoms with van der Waals surface area (Å²) in [7, 11) is 0. The van der Waals surface area contributed by atoms with E-state index in [4.69, 9.17) is 0 Å². The Kier molecular flexibility index (Phi) is 4.94. The van der Waals surface area contributed by atoms with Crippen LogP contribution in [-0.4, -0.2) is 46.4 Å². The van der Waals surface area contributed by atoms with Crippen LogP contribution < -0.4 is 10.6 Å². The number of benzene rings is 1. The van der Waals surface area contributed by atoms with Gasteiger partial charge in [-0.3, -0.25) is 19.5 Å². The number of hydrogen-bond donors (Lipinski definition) is 2. The second-order valence-corrected chi connectivity index (χ2v) is 7.76. The van der Waals surface area contributed by atoms with E-state index >= 15 is 0 Å². The van der Waals surface area contributed by atoms with E-state index in [1.54, 1.807) is 19.1 Å². The van der Waals surface area contributed by atoms with Crippen molar-refractivity contribution in [2.45, 2.75) is 44.6 Å². The molecule has 2 aromatic rings. The fourth-order valence-corrected chi connectivity index (χ4v) is 4.25. The molecule has 29 heavy (non-hydrogen) atoms. The van der Waals surface area contributed by atoms with Gasteiger partial charge < -0.3 is 10.6 Å². The number of nitrogens with one attached hydrogen (secondary N) is 2. The number of nitrogens with zero attached hydrogens (tertiary/aromatic N) is 2. The van der Waals surface area contributed by atoms with Crippen LogP contribution in [0.3, 0.4) is 0 Å². The SMILES string of the molecule is Cc1cc(C(=O)NCCCN2C(=O)NC3(CCCC3)C2=O)c2ccc(F)cc2n1. The Bertz CT molecular complexity index is 996. The molecule has 4 rings (SSSR count). The summed E-state index contributed by atoms with van der Waals surface area (Å²) in [5, 5.41) is 6.24. The van der Waals surface area contributed by atoms with Gasteiger partial charge in [-0.2, -0.15) is 0 Å². The van der Waals surface area contributed by atoms with E-state index in [1.807, 2.05) is 0 Å². The molecule has 8 heteroatoms. The number of amides is 4. The first-order chi connectivity index (χ1) is 13.9. The van der Waals surface area contributed by atoms with E-state index in [9.17, 15) is 18.8 Å². The summed E-state index contributed by atoms with van der Waals surface area (Å²) in [6.45, 7) is 2.32. The zero-order valence-corrected chi connectivity index (χ0v) is 16.3. The monoisotopic (exact) mass is 398 g/mol. The van der Waals surface area contributed by atoms with Crippen molar-refractivity contribution < 1.29 is 18.8 Å². The third-order valence-electron chi connectivity index (χ3n) is 5.69. The van der Waals surface area contributed by atoms with Gasteiger partial charge in [-0.1, -0.05) is 12.8 Å². The molecule has 2 fully saturated rings. The molecule has 0 atom stereocenters. The van der Waals surface area contributed by atoms with Crippen molar-refractivity contribution in [1.82, 2.24) is 20.5 Å². The summed E-state index contributed by atoms with van der Waals surface area (Å²) in [6, 6.07) is 5.46. The van der Waals surface area contributed by atoms with Crippen molar-refractivity contribution in [3.05, 3.63) is 41.3 Å². The minimum Gasteiger partial charge on any atom is -0.352 e. The topological polar surface area (TPSA) is 91.4 Å². The molecule has 1 saturated heterocycles. The van der Waals surface area contributed by atoms with Crippen molar-refractivity contribution >= 4 is 28.7 Å². The Morgan fingerprint density at radius 3 is 2.79 bits per heavy atom. The van der Waals surface area contributed by atoms with Crippen LogP contribution >= 0.6 is 0 Å². The maximum absolute atomic E-state index is 13.5. The minimum atomic E-state index is -0.705. The number of carbonyl (C=O) groups excluding carboxylic acids is 3. The first kappa shape index (κ1) is 19.3. The number of hydrogen-bond acceptors (Lipinski definition) is 4. The molecule has 0 radical (unpaired) electrons. The summed E-state index contributed by atoms with van der Waals surface area (Å²) < 4.78 is 13.5. The van der Waals surface area contributed by atoms with E-state index in [1.165, 1.54) is 17.0 Å². The summed E-state index contributed by atoms with van der Waals surface area (Å²) >= 11 is 0. The number of halogens is 1. The highest BCUT2D eigenvalue weighted by atomic mass is 19.1. The minimum absolute atomic E-state index is 0.149. The van der Waals surface area contributed by atoms with Crippen LogP contribution in [0.5, 0.6) is 0 Å². The van der Waals surface area contributed by atoms with Crippen molar-refractivity contribution in [2.75, 3.05) is 13.1 Å². The first-order valence-corrected chi connectivity index (χ1v) is 9.89. The number of pyridine rings is 1. The van der Waals surface area contributed by atoms with Crippen molar-refractivity contribution in [1.29, 1.82) is 0 Å².